The van der Waals surface area contributed by atoms with Gasteiger partial charge in [0, 0.05) is 36.0 Å². The summed E-state index contributed by atoms with van der Waals surface area (Å²) in [5.41, 5.74) is 2.18. The van der Waals surface area contributed by atoms with E-state index < -0.39 is 18.0 Å². The summed E-state index contributed by atoms with van der Waals surface area (Å²) >= 11 is 1.88. The Balaban J connectivity index is 1.15. The Morgan fingerprint density at radius 2 is 1.76 bits per heavy atom. The number of hydrogen-bond acceptors (Lipinski definition) is 6. The molecule has 4 rings (SSSR count). The first kappa shape index (κ1) is 33.8. The van der Waals surface area contributed by atoms with Crippen LogP contribution in [-0.4, -0.2) is 71.8 Å². The monoisotopic (exact) mass is 633 g/mol. The fourth-order valence-corrected chi connectivity index (χ4v) is 7.15. The SMILES string of the molecule is C=Cc1ccc(C(=O)N[C@@H](Cc2ccccc2)C(=O)N[C@H](C=O)CCCCNC(=O)CCCC[C@@H]2SC[C@@H]3NC(=O)N[C@@H]32)cc1. The lowest BCUT2D eigenvalue weighted by atomic mass is 10.0. The number of carbonyl (C=O) groups excluding carboxylic acids is 5. The molecule has 45 heavy (non-hydrogen) atoms. The highest BCUT2D eigenvalue weighted by atomic mass is 32.2. The second-order valence-corrected chi connectivity index (χ2v) is 12.8. The van der Waals surface area contributed by atoms with E-state index in [9.17, 15) is 24.0 Å². The minimum atomic E-state index is -0.872. The Hall–Kier alpha value is -4.12. The van der Waals surface area contributed by atoms with Gasteiger partial charge >= 0.3 is 6.03 Å². The molecular formula is C34H43N5O5S. The lowest BCUT2D eigenvalue weighted by Gasteiger charge is -2.21. The molecular weight excluding hydrogens is 590 g/mol. The van der Waals surface area contributed by atoms with Crippen molar-refractivity contribution >= 4 is 47.9 Å². The van der Waals surface area contributed by atoms with Crippen molar-refractivity contribution in [3.63, 3.8) is 0 Å². The topological polar surface area (TPSA) is 146 Å². The van der Waals surface area contributed by atoms with Crippen molar-refractivity contribution in [2.24, 2.45) is 0 Å². The lowest BCUT2D eigenvalue weighted by molar-refractivity contribution is -0.125. The Kier molecular flexibility index (Phi) is 13.0. The maximum absolute atomic E-state index is 13.3. The summed E-state index contributed by atoms with van der Waals surface area (Å²) in [6.07, 6.45) is 7.55. The molecule has 2 saturated heterocycles. The van der Waals surface area contributed by atoms with Crippen LogP contribution in [-0.2, 0) is 20.8 Å². The Morgan fingerprint density at radius 3 is 2.49 bits per heavy atom. The van der Waals surface area contributed by atoms with Gasteiger partial charge in [0.25, 0.3) is 5.91 Å². The number of fused-ring (bicyclic) bond motifs is 1. The van der Waals surface area contributed by atoms with E-state index in [1.165, 1.54) is 0 Å². The molecule has 0 radical (unpaired) electrons. The molecule has 0 bridgehead atoms. The molecule has 0 saturated carbocycles. The first-order valence-corrected chi connectivity index (χ1v) is 16.7. The van der Waals surface area contributed by atoms with Crippen LogP contribution in [0.2, 0.25) is 0 Å². The van der Waals surface area contributed by atoms with Crippen molar-refractivity contribution in [1.82, 2.24) is 26.6 Å². The first-order valence-electron chi connectivity index (χ1n) is 15.6. The third kappa shape index (κ3) is 10.5. The van der Waals surface area contributed by atoms with E-state index in [-0.39, 0.29) is 36.3 Å². The summed E-state index contributed by atoms with van der Waals surface area (Å²) in [5, 5.41) is 14.9. The average Bonchev–Trinajstić information content (AvgIpc) is 3.61. The van der Waals surface area contributed by atoms with Crippen LogP contribution in [0, 0.1) is 0 Å². The third-order valence-electron chi connectivity index (χ3n) is 8.15. The van der Waals surface area contributed by atoms with E-state index in [0.29, 0.717) is 49.3 Å². The molecule has 2 fully saturated rings. The van der Waals surface area contributed by atoms with Gasteiger partial charge in [0.05, 0.1) is 18.1 Å². The predicted molar refractivity (Wildman–Crippen MR) is 177 cm³/mol. The Bertz CT molecular complexity index is 1320. The minimum Gasteiger partial charge on any atom is -0.356 e. The summed E-state index contributed by atoms with van der Waals surface area (Å²) in [5.74, 6) is 0.116. The van der Waals surface area contributed by atoms with Crippen LogP contribution in [0.3, 0.4) is 0 Å². The van der Waals surface area contributed by atoms with Gasteiger partial charge in [-0.15, -0.1) is 0 Å². The normalized spacial score (nSPS) is 19.7. The number of nitrogens with one attached hydrogen (secondary N) is 5. The van der Waals surface area contributed by atoms with Gasteiger partial charge in [-0.3, -0.25) is 14.4 Å². The van der Waals surface area contributed by atoms with Crippen LogP contribution in [0.4, 0.5) is 4.79 Å². The van der Waals surface area contributed by atoms with Crippen molar-refractivity contribution in [1.29, 1.82) is 0 Å². The molecule has 2 heterocycles. The zero-order chi connectivity index (χ0) is 32.0. The molecule has 11 heteroatoms. The van der Waals surface area contributed by atoms with Crippen LogP contribution in [0.15, 0.2) is 61.2 Å². The number of thioether (sulfide) groups is 1. The molecule has 2 aliphatic rings. The quantitative estimate of drug-likeness (QED) is 0.0967. The fourth-order valence-electron chi connectivity index (χ4n) is 5.61. The van der Waals surface area contributed by atoms with E-state index in [1.807, 2.05) is 42.1 Å². The second-order valence-electron chi connectivity index (χ2n) is 11.5. The molecule has 0 spiro atoms. The van der Waals surface area contributed by atoms with E-state index >= 15 is 0 Å². The summed E-state index contributed by atoms with van der Waals surface area (Å²) in [6, 6.07) is 15.0. The Labute approximate surface area is 268 Å². The van der Waals surface area contributed by atoms with Crippen molar-refractivity contribution in [3.05, 3.63) is 77.9 Å². The number of aldehydes is 1. The van der Waals surface area contributed by atoms with E-state index in [1.54, 1.807) is 30.3 Å². The van der Waals surface area contributed by atoms with Gasteiger partial charge < -0.3 is 31.4 Å². The first-order chi connectivity index (χ1) is 21.9. The fraction of sp³-hybridized carbons (Fsp3) is 0.441. The van der Waals surface area contributed by atoms with Gasteiger partial charge in [0.1, 0.15) is 12.3 Å². The highest BCUT2D eigenvalue weighted by molar-refractivity contribution is 8.00. The molecule has 10 nitrogen and oxygen atoms in total. The largest absolute Gasteiger partial charge is 0.356 e. The molecule has 5 amide bonds. The number of benzene rings is 2. The van der Waals surface area contributed by atoms with Crippen molar-refractivity contribution in [3.8, 4) is 0 Å². The zero-order valence-electron chi connectivity index (χ0n) is 25.5. The third-order valence-corrected chi connectivity index (χ3v) is 9.66. The highest BCUT2D eigenvalue weighted by Gasteiger charge is 2.42. The molecule has 0 unspecified atom stereocenters. The molecule has 2 aromatic rings. The molecule has 5 atom stereocenters. The number of rotatable bonds is 18. The van der Waals surface area contributed by atoms with E-state index in [0.717, 1.165) is 36.1 Å². The summed E-state index contributed by atoms with van der Waals surface area (Å²) < 4.78 is 0. The molecule has 0 aromatic heterocycles. The molecule has 2 aromatic carbocycles. The minimum absolute atomic E-state index is 0.00153. The van der Waals surface area contributed by atoms with Gasteiger partial charge in [-0.05, 0) is 55.4 Å². The zero-order valence-corrected chi connectivity index (χ0v) is 26.3. The highest BCUT2D eigenvalue weighted by Crippen LogP contribution is 2.33. The van der Waals surface area contributed by atoms with Crippen LogP contribution < -0.4 is 26.6 Å². The van der Waals surface area contributed by atoms with Crippen molar-refractivity contribution < 1.29 is 24.0 Å². The smallest absolute Gasteiger partial charge is 0.315 e. The van der Waals surface area contributed by atoms with Gasteiger partial charge in [-0.1, -0.05) is 61.5 Å². The standard InChI is InChI=1S/C34H43N5O5S/c1-2-23-15-17-25(18-16-23)32(42)37-27(20-24-10-4-3-5-11-24)33(43)36-26(21-40)12-8-9-19-35-30(41)14-7-6-13-29-31-28(22-45-29)38-34(44)39-31/h2-5,10-11,15-18,21,26-29,31H,1,6-9,12-14,19-20,22H2,(H,35,41)(H,36,43)(H,37,42)(H2,38,39,44)/t26-,27-,28-,29-,31-/m0/s1. The predicted octanol–water partition coefficient (Wildman–Crippen LogP) is 3.37. The molecule has 2 aliphatic heterocycles. The number of carbonyl (C=O) groups is 5. The molecule has 240 valence electrons. The van der Waals surface area contributed by atoms with Gasteiger partial charge in [-0.2, -0.15) is 11.8 Å². The summed E-state index contributed by atoms with van der Waals surface area (Å²) in [7, 11) is 0. The van der Waals surface area contributed by atoms with Gasteiger partial charge in [0.15, 0.2) is 0 Å². The maximum Gasteiger partial charge on any atom is 0.315 e. The van der Waals surface area contributed by atoms with Crippen LogP contribution in [0.5, 0.6) is 0 Å². The van der Waals surface area contributed by atoms with Crippen LogP contribution >= 0.6 is 11.8 Å². The number of hydrogen-bond donors (Lipinski definition) is 5. The maximum atomic E-state index is 13.3. The van der Waals surface area contributed by atoms with Gasteiger partial charge in [-0.25, -0.2) is 4.79 Å². The number of urea groups is 1. The van der Waals surface area contributed by atoms with E-state index in [2.05, 4.69) is 33.2 Å². The number of amides is 5. The van der Waals surface area contributed by atoms with E-state index in [4.69, 9.17) is 0 Å². The molecule has 0 aliphatic carbocycles. The molecule has 5 N–H and O–H groups in total. The van der Waals surface area contributed by atoms with Gasteiger partial charge in [0.2, 0.25) is 11.8 Å². The Morgan fingerprint density at radius 1 is 0.978 bits per heavy atom. The number of unbranched alkanes of at least 4 members (excludes halogenated alkanes) is 2. The lowest BCUT2D eigenvalue weighted by Crippen LogP contribution is -2.51. The average molecular weight is 634 g/mol. The summed E-state index contributed by atoms with van der Waals surface area (Å²) in [6.45, 7) is 4.22. The van der Waals surface area contributed by atoms with Crippen molar-refractivity contribution in [2.75, 3.05) is 12.3 Å². The summed E-state index contributed by atoms with van der Waals surface area (Å²) in [4.78, 5) is 61.8. The van der Waals surface area contributed by atoms with Crippen LogP contribution in [0.25, 0.3) is 6.08 Å². The van der Waals surface area contributed by atoms with Crippen molar-refractivity contribution in [2.45, 2.75) is 80.8 Å². The van der Waals surface area contributed by atoms with Crippen LogP contribution in [0.1, 0.15) is 66.4 Å². The second kappa shape index (κ2) is 17.4.